The molecule has 0 spiro atoms. The summed E-state index contributed by atoms with van der Waals surface area (Å²) < 4.78 is 43.6. The van der Waals surface area contributed by atoms with Gasteiger partial charge >= 0.3 is 5.97 Å². The van der Waals surface area contributed by atoms with E-state index in [2.05, 4.69) is 0 Å². The summed E-state index contributed by atoms with van der Waals surface area (Å²) in [6, 6.07) is 8.20. The number of hydrogen-bond acceptors (Lipinski definition) is 4. The number of fused-ring (bicyclic) bond motifs is 2. The van der Waals surface area contributed by atoms with Gasteiger partial charge in [-0.15, -0.1) is 0 Å². The van der Waals surface area contributed by atoms with E-state index in [-0.39, 0.29) is 24.4 Å². The van der Waals surface area contributed by atoms with E-state index in [1.165, 1.54) is 7.11 Å². The minimum atomic E-state index is -0.827. The maximum absolute atomic E-state index is 13.9. The van der Waals surface area contributed by atoms with Crippen LogP contribution in [0.5, 0.6) is 11.5 Å². The molecular formula is C20H18F2O4. The molecule has 1 heterocycles. The van der Waals surface area contributed by atoms with Crippen LogP contribution >= 0.6 is 0 Å². The van der Waals surface area contributed by atoms with Crippen molar-refractivity contribution < 1.29 is 27.8 Å². The van der Waals surface area contributed by atoms with Crippen molar-refractivity contribution in [1.82, 2.24) is 0 Å². The Balaban J connectivity index is 1.52. The number of esters is 1. The van der Waals surface area contributed by atoms with Gasteiger partial charge in [-0.05, 0) is 36.1 Å². The lowest BCUT2D eigenvalue weighted by Gasteiger charge is -2.16. The largest absolute Gasteiger partial charge is 0.492 e. The highest BCUT2D eigenvalue weighted by molar-refractivity contribution is 5.71. The van der Waals surface area contributed by atoms with Crippen LogP contribution in [0, 0.1) is 11.6 Å². The second-order valence-electron chi connectivity index (χ2n) is 6.56. The molecule has 0 saturated carbocycles. The lowest BCUT2D eigenvalue weighted by Crippen LogP contribution is -2.09. The van der Waals surface area contributed by atoms with Gasteiger partial charge in [-0.1, -0.05) is 12.1 Å². The summed E-state index contributed by atoms with van der Waals surface area (Å²) in [4.78, 5) is 11.5. The predicted octanol–water partition coefficient (Wildman–Crippen LogP) is 4.07. The number of rotatable bonds is 4. The summed E-state index contributed by atoms with van der Waals surface area (Å²) in [5.74, 6) is -0.632. The molecule has 0 unspecified atom stereocenters. The normalized spacial score (nSPS) is 20.3. The lowest BCUT2D eigenvalue weighted by atomic mass is 9.98. The molecule has 2 atom stereocenters. The van der Waals surface area contributed by atoms with Gasteiger partial charge in [0.25, 0.3) is 0 Å². The first kappa shape index (κ1) is 16.8. The van der Waals surface area contributed by atoms with Crippen molar-refractivity contribution >= 4 is 5.97 Å². The van der Waals surface area contributed by atoms with Gasteiger partial charge in [0.05, 0.1) is 20.1 Å². The Morgan fingerprint density at radius 3 is 2.85 bits per heavy atom. The molecule has 2 aromatic rings. The maximum Gasteiger partial charge on any atom is 0.306 e. The van der Waals surface area contributed by atoms with Gasteiger partial charge in [0.15, 0.2) is 11.6 Å². The molecule has 6 heteroatoms. The molecule has 4 nitrogen and oxygen atoms in total. The Bertz CT molecular complexity index is 865. The number of methoxy groups -OCH3 is 1. The van der Waals surface area contributed by atoms with E-state index in [0.29, 0.717) is 42.1 Å². The van der Waals surface area contributed by atoms with Crippen LogP contribution in [0.25, 0.3) is 0 Å². The molecule has 0 aromatic heterocycles. The van der Waals surface area contributed by atoms with E-state index in [9.17, 15) is 13.6 Å². The molecule has 0 radical (unpaired) electrons. The fourth-order valence-electron chi connectivity index (χ4n) is 3.66. The first-order chi connectivity index (χ1) is 12.6. The SMILES string of the molecule is COC(=O)C[C@@H]1COc2cc(O[C@@H]3CCc4c3ccc(F)c4F)ccc21. The average molecular weight is 360 g/mol. The molecule has 1 aliphatic carbocycles. The molecule has 4 rings (SSSR count). The van der Waals surface area contributed by atoms with E-state index < -0.39 is 11.6 Å². The molecule has 0 saturated heterocycles. The third-order valence-electron chi connectivity index (χ3n) is 5.02. The number of carbonyl (C=O) groups excluding carboxylic acids is 1. The van der Waals surface area contributed by atoms with Crippen molar-refractivity contribution in [2.45, 2.75) is 31.3 Å². The Hall–Kier alpha value is -2.63. The van der Waals surface area contributed by atoms with Crippen molar-refractivity contribution in [2.75, 3.05) is 13.7 Å². The monoisotopic (exact) mass is 360 g/mol. The van der Waals surface area contributed by atoms with Crippen molar-refractivity contribution in [3.63, 3.8) is 0 Å². The van der Waals surface area contributed by atoms with Gasteiger partial charge in [0, 0.05) is 17.5 Å². The third kappa shape index (κ3) is 2.89. The van der Waals surface area contributed by atoms with Crippen molar-refractivity contribution in [3.05, 3.63) is 58.7 Å². The molecular weight excluding hydrogens is 342 g/mol. The zero-order chi connectivity index (χ0) is 18.3. The zero-order valence-corrected chi connectivity index (χ0v) is 14.3. The highest BCUT2D eigenvalue weighted by atomic mass is 19.2. The van der Waals surface area contributed by atoms with Crippen molar-refractivity contribution in [2.24, 2.45) is 0 Å². The lowest BCUT2D eigenvalue weighted by molar-refractivity contribution is -0.141. The Labute approximate surface area is 149 Å². The maximum atomic E-state index is 13.9. The first-order valence-corrected chi connectivity index (χ1v) is 8.54. The molecule has 2 aliphatic rings. The smallest absolute Gasteiger partial charge is 0.306 e. The van der Waals surface area contributed by atoms with Crippen molar-refractivity contribution in [1.29, 1.82) is 0 Å². The summed E-state index contributed by atoms with van der Waals surface area (Å²) in [5, 5.41) is 0. The highest BCUT2D eigenvalue weighted by Crippen LogP contribution is 2.41. The van der Waals surface area contributed by atoms with E-state index in [1.807, 2.05) is 12.1 Å². The zero-order valence-electron chi connectivity index (χ0n) is 14.3. The number of benzene rings is 2. The van der Waals surface area contributed by atoms with Gasteiger partial charge in [-0.2, -0.15) is 0 Å². The predicted molar refractivity (Wildman–Crippen MR) is 89.4 cm³/mol. The number of carbonyl (C=O) groups is 1. The number of halogens is 2. The summed E-state index contributed by atoms with van der Waals surface area (Å²) in [6.45, 7) is 0.421. The summed E-state index contributed by atoms with van der Waals surface area (Å²) in [6.07, 6.45) is 1.00. The Morgan fingerprint density at radius 2 is 2.04 bits per heavy atom. The van der Waals surface area contributed by atoms with Crippen LogP contribution < -0.4 is 9.47 Å². The van der Waals surface area contributed by atoms with Gasteiger partial charge < -0.3 is 14.2 Å². The molecule has 1 aliphatic heterocycles. The Kier molecular flexibility index (Phi) is 4.26. The van der Waals surface area contributed by atoms with Gasteiger partial charge in [-0.25, -0.2) is 8.78 Å². The van der Waals surface area contributed by atoms with Crippen LogP contribution in [0.1, 0.15) is 41.6 Å². The standard InChI is InChI=1S/C20H18F2O4/c1-24-19(23)8-11-10-25-18-9-12(2-3-13(11)18)26-17-7-5-15-14(17)4-6-16(21)20(15)22/h2-4,6,9,11,17H,5,7-8,10H2,1H3/t11-,17-/m1/s1. The third-order valence-corrected chi connectivity index (χ3v) is 5.02. The molecule has 0 N–H and O–H groups in total. The first-order valence-electron chi connectivity index (χ1n) is 8.54. The van der Waals surface area contributed by atoms with Gasteiger partial charge in [0.2, 0.25) is 0 Å². The van der Waals surface area contributed by atoms with Crippen LogP contribution in [-0.4, -0.2) is 19.7 Å². The fourth-order valence-corrected chi connectivity index (χ4v) is 3.66. The van der Waals surface area contributed by atoms with E-state index in [4.69, 9.17) is 14.2 Å². The average Bonchev–Trinajstić information content (AvgIpc) is 3.23. The number of ether oxygens (including phenoxy) is 3. The van der Waals surface area contributed by atoms with Gasteiger partial charge in [-0.3, -0.25) is 4.79 Å². The van der Waals surface area contributed by atoms with E-state index in [0.717, 1.165) is 11.6 Å². The van der Waals surface area contributed by atoms with Crippen LogP contribution in [0.15, 0.2) is 30.3 Å². The van der Waals surface area contributed by atoms with Crippen LogP contribution in [-0.2, 0) is 16.0 Å². The highest BCUT2D eigenvalue weighted by Gasteiger charge is 2.30. The van der Waals surface area contributed by atoms with E-state index in [1.54, 1.807) is 12.1 Å². The Morgan fingerprint density at radius 1 is 1.23 bits per heavy atom. The van der Waals surface area contributed by atoms with Crippen LogP contribution in [0.4, 0.5) is 8.78 Å². The van der Waals surface area contributed by atoms with Crippen LogP contribution in [0.3, 0.4) is 0 Å². The minimum Gasteiger partial charge on any atom is -0.492 e. The quantitative estimate of drug-likeness (QED) is 0.771. The summed E-state index contributed by atoms with van der Waals surface area (Å²) >= 11 is 0. The van der Waals surface area contributed by atoms with Crippen molar-refractivity contribution in [3.8, 4) is 11.5 Å². The molecule has 2 aromatic carbocycles. The number of hydrogen-bond donors (Lipinski definition) is 0. The minimum absolute atomic E-state index is 0.0317. The molecule has 136 valence electrons. The summed E-state index contributed by atoms with van der Waals surface area (Å²) in [5.41, 5.74) is 2.03. The van der Waals surface area contributed by atoms with Gasteiger partial charge in [0.1, 0.15) is 17.6 Å². The fraction of sp³-hybridized carbons (Fsp3) is 0.350. The summed E-state index contributed by atoms with van der Waals surface area (Å²) in [7, 11) is 1.37. The molecule has 0 amide bonds. The topological polar surface area (TPSA) is 44.8 Å². The second kappa shape index (κ2) is 6.59. The van der Waals surface area contributed by atoms with Crippen LogP contribution in [0.2, 0.25) is 0 Å². The molecule has 0 bridgehead atoms. The second-order valence-corrected chi connectivity index (χ2v) is 6.56. The van der Waals surface area contributed by atoms with E-state index >= 15 is 0 Å². The molecule has 0 fully saturated rings. The molecule has 26 heavy (non-hydrogen) atoms.